The molecule has 0 saturated carbocycles. The molecule has 2 aliphatic rings. The minimum atomic E-state index is -0.880. The Morgan fingerprint density at radius 1 is 1.09 bits per heavy atom. The van der Waals surface area contributed by atoms with E-state index >= 15 is 0 Å². The molecule has 2 aliphatic heterocycles. The number of hydrogen-bond acceptors (Lipinski definition) is 11. The molecule has 0 bridgehead atoms. The number of morpholine rings is 1. The SMILES string of the molecule is CC(C)c1cc(C(=O)N2Cc3ccc(OCCCN4CCOCC4)cc3C2)c(O)cc1OC(=O)c1ncn2c(=O)n(C)nnc12. The van der Waals surface area contributed by atoms with Crippen molar-refractivity contribution in [1.29, 1.82) is 0 Å². The first-order chi connectivity index (χ1) is 21.7. The van der Waals surface area contributed by atoms with E-state index in [9.17, 15) is 19.5 Å². The Kier molecular flexibility index (Phi) is 8.50. The van der Waals surface area contributed by atoms with E-state index in [4.69, 9.17) is 14.2 Å². The van der Waals surface area contributed by atoms with Crippen molar-refractivity contribution < 1.29 is 28.9 Å². The fourth-order valence-electron chi connectivity index (χ4n) is 5.55. The van der Waals surface area contributed by atoms with E-state index in [0.717, 1.165) is 65.2 Å². The second-order valence-electron chi connectivity index (χ2n) is 11.5. The number of aryl methyl sites for hydroxylation is 1. The predicted octanol–water partition coefficient (Wildman–Crippen LogP) is 2.13. The van der Waals surface area contributed by atoms with Crippen LogP contribution in [0.1, 0.15) is 63.7 Å². The quantitative estimate of drug-likeness (QED) is 0.167. The molecule has 0 spiro atoms. The van der Waals surface area contributed by atoms with Crippen LogP contribution in [-0.4, -0.2) is 90.6 Å². The smallest absolute Gasteiger partial charge is 0.366 e. The Morgan fingerprint density at radius 2 is 1.87 bits per heavy atom. The molecule has 45 heavy (non-hydrogen) atoms. The summed E-state index contributed by atoms with van der Waals surface area (Å²) in [6.07, 6.45) is 2.08. The molecule has 2 aromatic heterocycles. The van der Waals surface area contributed by atoms with E-state index in [1.807, 2.05) is 32.0 Å². The minimum Gasteiger partial charge on any atom is -0.507 e. The standard InChI is InChI=1S/C31H35N7O7/c1-19(2)23-14-24(25(39)15-26(23)45-30(41)27-28-33-34-35(3)31(42)38(28)18-32-27)29(40)37-16-20-5-6-22(13-21(20)17-37)44-10-4-7-36-8-11-43-12-9-36/h5-6,13-15,18-19,39H,4,7-12,16-17H2,1-3H3. The van der Waals surface area contributed by atoms with Gasteiger partial charge in [-0.2, -0.15) is 4.68 Å². The molecule has 4 aromatic rings. The lowest BCUT2D eigenvalue weighted by molar-refractivity contribution is 0.0358. The molecule has 236 valence electrons. The Hall–Kier alpha value is -4.82. The van der Waals surface area contributed by atoms with Crippen LogP contribution in [0.25, 0.3) is 5.65 Å². The monoisotopic (exact) mass is 617 g/mol. The van der Waals surface area contributed by atoms with Crippen LogP contribution in [0, 0.1) is 0 Å². The van der Waals surface area contributed by atoms with Gasteiger partial charge in [0.05, 0.1) is 25.4 Å². The van der Waals surface area contributed by atoms with Gasteiger partial charge in [-0.25, -0.2) is 19.0 Å². The third kappa shape index (κ3) is 6.24. The zero-order valence-electron chi connectivity index (χ0n) is 25.4. The van der Waals surface area contributed by atoms with Gasteiger partial charge in [0.1, 0.15) is 23.6 Å². The molecular weight excluding hydrogens is 582 g/mol. The Balaban J connectivity index is 1.13. The van der Waals surface area contributed by atoms with Crippen LogP contribution < -0.4 is 15.2 Å². The zero-order valence-corrected chi connectivity index (χ0v) is 25.4. The number of carbonyl (C=O) groups is 2. The highest BCUT2D eigenvalue weighted by Gasteiger charge is 2.29. The molecule has 4 heterocycles. The number of nitrogens with zero attached hydrogens (tertiary/aromatic N) is 7. The summed E-state index contributed by atoms with van der Waals surface area (Å²) < 4.78 is 19.1. The van der Waals surface area contributed by atoms with Gasteiger partial charge in [-0.1, -0.05) is 25.1 Å². The van der Waals surface area contributed by atoms with E-state index in [0.29, 0.717) is 25.3 Å². The summed E-state index contributed by atoms with van der Waals surface area (Å²) in [5.41, 5.74) is 1.87. The van der Waals surface area contributed by atoms with Gasteiger partial charge in [0.25, 0.3) is 5.91 Å². The number of esters is 1. The van der Waals surface area contributed by atoms with Crippen molar-refractivity contribution in [3.05, 3.63) is 75.1 Å². The maximum atomic E-state index is 13.6. The lowest BCUT2D eigenvalue weighted by atomic mass is 9.98. The highest BCUT2D eigenvalue weighted by Crippen LogP contribution is 2.36. The third-order valence-electron chi connectivity index (χ3n) is 8.05. The first-order valence-corrected chi connectivity index (χ1v) is 14.9. The molecule has 14 nitrogen and oxygen atoms in total. The zero-order chi connectivity index (χ0) is 31.7. The Labute approximate surface area is 258 Å². The van der Waals surface area contributed by atoms with Crippen molar-refractivity contribution >= 4 is 17.5 Å². The van der Waals surface area contributed by atoms with E-state index in [1.165, 1.54) is 19.4 Å². The lowest BCUT2D eigenvalue weighted by Gasteiger charge is -2.26. The van der Waals surface area contributed by atoms with Crippen molar-refractivity contribution in [2.24, 2.45) is 7.05 Å². The van der Waals surface area contributed by atoms with Crippen LogP contribution in [0.5, 0.6) is 17.2 Å². The number of rotatable bonds is 9. The number of hydrogen-bond donors (Lipinski definition) is 1. The first kappa shape index (κ1) is 30.2. The molecule has 0 unspecified atom stereocenters. The Bertz CT molecular complexity index is 1810. The second-order valence-corrected chi connectivity index (χ2v) is 11.5. The van der Waals surface area contributed by atoms with Gasteiger partial charge >= 0.3 is 11.7 Å². The normalized spacial score (nSPS) is 15.1. The van der Waals surface area contributed by atoms with Crippen molar-refractivity contribution in [2.45, 2.75) is 39.3 Å². The van der Waals surface area contributed by atoms with E-state index in [2.05, 4.69) is 20.2 Å². The van der Waals surface area contributed by atoms with Crippen LogP contribution in [0.2, 0.25) is 0 Å². The average molecular weight is 618 g/mol. The molecule has 0 radical (unpaired) electrons. The highest BCUT2D eigenvalue weighted by atomic mass is 16.5. The van der Waals surface area contributed by atoms with Crippen molar-refractivity contribution in [3.63, 3.8) is 0 Å². The number of fused-ring (bicyclic) bond motifs is 2. The largest absolute Gasteiger partial charge is 0.507 e. The summed E-state index contributed by atoms with van der Waals surface area (Å²) in [6, 6.07) is 8.68. The summed E-state index contributed by atoms with van der Waals surface area (Å²) in [6.45, 7) is 9.56. The Morgan fingerprint density at radius 3 is 2.64 bits per heavy atom. The van der Waals surface area contributed by atoms with Crippen LogP contribution in [0.3, 0.4) is 0 Å². The highest BCUT2D eigenvalue weighted by molar-refractivity contribution is 5.98. The molecule has 6 rings (SSSR count). The average Bonchev–Trinajstić information content (AvgIpc) is 3.66. The van der Waals surface area contributed by atoms with Crippen molar-refractivity contribution in [2.75, 3.05) is 39.5 Å². The van der Waals surface area contributed by atoms with Crippen molar-refractivity contribution in [1.82, 2.24) is 34.2 Å². The summed E-state index contributed by atoms with van der Waals surface area (Å²) in [7, 11) is 1.43. The van der Waals surface area contributed by atoms with Gasteiger partial charge in [0, 0.05) is 45.8 Å². The summed E-state index contributed by atoms with van der Waals surface area (Å²) in [4.78, 5) is 47.0. The number of imidazole rings is 1. The van der Waals surface area contributed by atoms with Gasteiger partial charge in [-0.05, 0) is 47.2 Å². The topological polar surface area (TPSA) is 154 Å². The number of aromatic hydroxyl groups is 1. The van der Waals surface area contributed by atoms with Crippen molar-refractivity contribution in [3.8, 4) is 17.2 Å². The molecular formula is C31H35N7O7. The lowest BCUT2D eigenvalue weighted by Crippen LogP contribution is -2.37. The van der Waals surface area contributed by atoms with E-state index in [-0.39, 0.29) is 40.2 Å². The summed E-state index contributed by atoms with van der Waals surface area (Å²) in [5.74, 6) is -0.877. The van der Waals surface area contributed by atoms with Crippen LogP contribution in [0.4, 0.5) is 0 Å². The summed E-state index contributed by atoms with van der Waals surface area (Å²) >= 11 is 0. The predicted molar refractivity (Wildman–Crippen MR) is 161 cm³/mol. The molecule has 14 heteroatoms. The molecule has 1 fully saturated rings. The number of aromatic nitrogens is 5. The number of carbonyl (C=O) groups excluding carboxylic acids is 2. The van der Waals surface area contributed by atoms with Crippen LogP contribution in [0.15, 0.2) is 41.5 Å². The first-order valence-electron chi connectivity index (χ1n) is 14.9. The fourth-order valence-corrected chi connectivity index (χ4v) is 5.55. The number of phenolic OH excluding ortho intramolecular Hbond substituents is 1. The third-order valence-corrected chi connectivity index (χ3v) is 8.05. The number of benzene rings is 2. The molecule has 1 N–H and O–H groups in total. The van der Waals surface area contributed by atoms with Crippen LogP contribution in [-0.2, 0) is 24.9 Å². The molecule has 1 amide bonds. The van der Waals surface area contributed by atoms with E-state index in [1.54, 1.807) is 11.0 Å². The van der Waals surface area contributed by atoms with Gasteiger partial charge in [-0.15, -0.1) is 5.10 Å². The van der Waals surface area contributed by atoms with Gasteiger partial charge < -0.3 is 24.2 Å². The molecule has 1 saturated heterocycles. The van der Waals surface area contributed by atoms with Gasteiger partial charge in [0.2, 0.25) is 0 Å². The second kappa shape index (κ2) is 12.7. The van der Waals surface area contributed by atoms with Gasteiger partial charge in [0.15, 0.2) is 11.3 Å². The number of phenols is 1. The number of amides is 1. The maximum Gasteiger partial charge on any atom is 0.366 e. The maximum absolute atomic E-state index is 13.6. The number of ether oxygens (including phenoxy) is 3. The molecule has 0 aliphatic carbocycles. The van der Waals surface area contributed by atoms with E-state index < -0.39 is 11.7 Å². The molecule has 0 atom stereocenters. The molecule has 2 aromatic carbocycles. The fraction of sp³-hybridized carbons (Fsp3) is 0.419. The summed E-state index contributed by atoms with van der Waals surface area (Å²) in [5, 5.41) is 18.5. The van der Waals surface area contributed by atoms with Crippen LogP contribution >= 0.6 is 0 Å². The minimum absolute atomic E-state index is 0.0552. The van der Waals surface area contributed by atoms with Gasteiger partial charge in [-0.3, -0.25) is 9.69 Å².